The number of anilines is 2. The summed E-state index contributed by atoms with van der Waals surface area (Å²) in [5, 5.41) is 5.37. The van der Waals surface area contributed by atoms with Crippen molar-refractivity contribution in [2.75, 3.05) is 23.8 Å². The van der Waals surface area contributed by atoms with E-state index in [2.05, 4.69) is 10.6 Å². The van der Waals surface area contributed by atoms with Gasteiger partial charge < -0.3 is 20.1 Å². The van der Waals surface area contributed by atoms with Gasteiger partial charge in [-0.1, -0.05) is 26.0 Å². The Morgan fingerprint density at radius 2 is 1.36 bits per heavy atom. The van der Waals surface area contributed by atoms with Gasteiger partial charge in [-0.3, -0.25) is 14.4 Å². The van der Waals surface area contributed by atoms with E-state index in [9.17, 15) is 19.2 Å². The van der Waals surface area contributed by atoms with Gasteiger partial charge in [-0.2, -0.15) is 0 Å². The summed E-state index contributed by atoms with van der Waals surface area (Å²) in [6.45, 7) is 3.93. The summed E-state index contributed by atoms with van der Waals surface area (Å²) in [6.07, 6.45) is 2.07. The summed E-state index contributed by atoms with van der Waals surface area (Å²) in [5.41, 5.74) is 2.74. The molecule has 8 heteroatoms. The Morgan fingerprint density at radius 1 is 0.758 bits per heavy atom. The number of hydrogen-bond acceptors (Lipinski definition) is 6. The van der Waals surface area contributed by atoms with Gasteiger partial charge >= 0.3 is 11.9 Å². The first-order valence-corrected chi connectivity index (χ1v) is 11.0. The Kier molecular flexibility index (Phi) is 10.6. The lowest BCUT2D eigenvalue weighted by molar-refractivity contribution is -0.147. The first-order chi connectivity index (χ1) is 15.9. The van der Waals surface area contributed by atoms with E-state index in [1.165, 1.54) is 0 Å². The van der Waals surface area contributed by atoms with Crippen molar-refractivity contribution in [3.63, 3.8) is 0 Å². The van der Waals surface area contributed by atoms with Gasteiger partial charge in [-0.05, 0) is 61.2 Å². The minimum atomic E-state index is -0.547. The van der Waals surface area contributed by atoms with Gasteiger partial charge in [0.05, 0.1) is 12.2 Å². The monoisotopic (exact) mass is 454 g/mol. The fourth-order valence-corrected chi connectivity index (χ4v) is 2.82. The zero-order chi connectivity index (χ0) is 24.1. The molecule has 176 valence electrons. The number of hydrogen-bond donors (Lipinski definition) is 2. The molecule has 33 heavy (non-hydrogen) atoms. The fourth-order valence-electron chi connectivity index (χ4n) is 2.82. The van der Waals surface area contributed by atoms with Crippen LogP contribution in [0.2, 0.25) is 0 Å². The lowest BCUT2D eigenvalue weighted by atomic mass is 10.1. The number of carbonyl (C=O) groups excluding carboxylic acids is 4. The van der Waals surface area contributed by atoms with E-state index in [-0.39, 0.29) is 31.8 Å². The number of rotatable bonds is 12. The summed E-state index contributed by atoms with van der Waals surface area (Å²) < 4.78 is 10.0. The van der Waals surface area contributed by atoms with E-state index in [4.69, 9.17) is 9.47 Å². The number of carbonyl (C=O) groups is 4. The van der Waals surface area contributed by atoms with Crippen molar-refractivity contribution in [1.29, 1.82) is 0 Å². The number of amides is 2. The van der Waals surface area contributed by atoms with E-state index < -0.39 is 17.8 Å². The zero-order valence-corrected chi connectivity index (χ0v) is 19.0. The van der Waals surface area contributed by atoms with Crippen LogP contribution in [0.5, 0.6) is 0 Å². The highest BCUT2D eigenvalue weighted by atomic mass is 16.5. The second-order valence-corrected chi connectivity index (χ2v) is 7.37. The van der Waals surface area contributed by atoms with Gasteiger partial charge in [-0.25, -0.2) is 4.79 Å². The molecule has 0 spiro atoms. The van der Waals surface area contributed by atoms with Gasteiger partial charge in [0.2, 0.25) is 5.91 Å². The normalized spacial score (nSPS) is 10.2. The molecule has 0 heterocycles. The van der Waals surface area contributed by atoms with Crippen LogP contribution in [0.4, 0.5) is 11.4 Å². The third-order valence-electron chi connectivity index (χ3n) is 4.64. The van der Waals surface area contributed by atoms with Crippen LogP contribution in [-0.4, -0.2) is 37.0 Å². The Labute approximate surface area is 193 Å². The first-order valence-electron chi connectivity index (χ1n) is 11.0. The minimum absolute atomic E-state index is 0.0219. The van der Waals surface area contributed by atoms with Crippen molar-refractivity contribution in [3.05, 3.63) is 59.7 Å². The van der Waals surface area contributed by atoms with Gasteiger partial charge in [-0.15, -0.1) is 0 Å². The summed E-state index contributed by atoms with van der Waals surface area (Å²) in [4.78, 5) is 47.5. The van der Waals surface area contributed by atoms with Crippen molar-refractivity contribution in [3.8, 4) is 0 Å². The number of benzene rings is 2. The van der Waals surface area contributed by atoms with E-state index in [0.717, 1.165) is 18.4 Å². The highest BCUT2D eigenvalue weighted by Crippen LogP contribution is 2.12. The molecule has 0 unspecified atom stereocenters. The van der Waals surface area contributed by atoms with Crippen LogP contribution in [0.15, 0.2) is 48.5 Å². The molecular formula is C25H30N2O6. The molecule has 0 fully saturated rings. The molecule has 0 aliphatic rings. The largest absolute Gasteiger partial charge is 0.462 e. The predicted molar refractivity (Wildman–Crippen MR) is 125 cm³/mol. The van der Waals surface area contributed by atoms with Gasteiger partial charge in [0.15, 0.2) is 6.61 Å². The average molecular weight is 455 g/mol. The second-order valence-electron chi connectivity index (χ2n) is 7.37. The molecular weight excluding hydrogens is 424 g/mol. The Morgan fingerprint density at radius 3 is 1.97 bits per heavy atom. The smallest absolute Gasteiger partial charge is 0.338 e. The highest BCUT2D eigenvalue weighted by Gasteiger charge is 2.11. The summed E-state index contributed by atoms with van der Waals surface area (Å²) in [6, 6.07) is 13.8. The number of esters is 2. The van der Waals surface area contributed by atoms with Crippen LogP contribution in [-0.2, 0) is 30.3 Å². The maximum absolute atomic E-state index is 12.1. The Bertz CT molecular complexity index is 938. The molecule has 2 N–H and O–H groups in total. The molecule has 2 amide bonds. The van der Waals surface area contributed by atoms with E-state index in [1.807, 2.05) is 26.0 Å². The van der Waals surface area contributed by atoms with Crippen molar-refractivity contribution < 1.29 is 28.7 Å². The van der Waals surface area contributed by atoms with Crippen molar-refractivity contribution >= 4 is 35.1 Å². The molecule has 0 aromatic heterocycles. The molecule has 0 bridgehead atoms. The molecule has 0 aliphatic heterocycles. The number of aryl methyl sites for hydroxylation is 1. The summed E-state index contributed by atoms with van der Waals surface area (Å²) >= 11 is 0. The standard InChI is InChI=1S/C25H30N2O6/c1-3-16-32-25(31)19-10-14-21(15-11-19)26-22(28)6-5-7-24(30)33-17-23(29)27-20-12-8-18(4-2)9-13-20/h8-15H,3-7,16-17H2,1-2H3,(H,26,28)(H,27,29). The van der Waals surface area contributed by atoms with Crippen LogP contribution < -0.4 is 10.6 Å². The first kappa shape index (κ1) is 25.6. The quantitative estimate of drug-likeness (QED) is 0.467. The van der Waals surface area contributed by atoms with Gasteiger partial charge in [0.1, 0.15) is 0 Å². The van der Waals surface area contributed by atoms with Crippen LogP contribution >= 0.6 is 0 Å². The molecule has 0 saturated carbocycles. The fraction of sp³-hybridized carbons (Fsp3) is 0.360. The molecule has 0 saturated heterocycles. The van der Waals surface area contributed by atoms with Crippen molar-refractivity contribution in [1.82, 2.24) is 0 Å². The van der Waals surface area contributed by atoms with E-state index in [0.29, 0.717) is 23.5 Å². The molecule has 0 aliphatic carbocycles. The topological polar surface area (TPSA) is 111 Å². The van der Waals surface area contributed by atoms with Crippen LogP contribution in [0.25, 0.3) is 0 Å². The molecule has 2 aromatic carbocycles. The molecule has 2 aromatic rings. The maximum Gasteiger partial charge on any atom is 0.338 e. The highest BCUT2D eigenvalue weighted by molar-refractivity contribution is 5.94. The van der Waals surface area contributed by atoms with Crippen LogP contribution in [0.3, 0.4) is 0 Å². The van der Waals surface area contributed by atoms with Crippen molar-refractivity contribution in [2.45, 2.75) is 46.0 Å². The molecule has 0 radical (unpaired) electrons. The number of nitrogens with one attached hydrogen (secondary N) is 2. The third kappa shape index (κ3) is 9.55. The van der Waals surface area contributed by atoms with Crippen LogP contribution in [0.1, 0.15) is 55.5 Å². The second kappa shape index (κ2) is 13.7. The average Bonchev–Trinajstić information content (AvgIpc) is 2.82. The maximum atomic E-state index is 12.1. The Hall–Kier alpha value is -3.68. The SMILES string of the molecule is CCCOC(=O)c1ccc(NC(=O)CCCC(=O)OCC(=O)Nc2ccc(CC)cc2)cc1. The minimum Gasteiger partial charge on any atom is -0.462 e. The summed E-state index contributed by atoms with van der Waals surface area (Å²) in [7, 11) is 0. The van der Waals surface area contributed by atoms with E-state index >= 15 is 0 Å². The Balaban J connectivity index is 1.63. The molecule has 8 nitrogen and oxygen atoms in total. The molecule has 0 atom stereocenters. The third-order valence-corrected chi connectivity index (χ3v) is 4.64. The van der Waals surface area contributed by atoms with Crippen molar-refractivity contribution in [2.24, 2.45) is 0 Å². The lowest BCUT2D eigenvalue weighted by Gasteiger charge is -2.08. The van der Waals surface area contributed by atoms with Gasteiger partial charge in [0, 0.05) is 24.2 Å². The van der Waals surface area contributed by atoms with Gasteiger partial charge in [0.25, 0.3) is 5.91 Å². The zero-order valence-electron chi connectivity index (χ0n) is 19.0. The summed E-state index contributed by atoms with van der Waals surface area (Å²) in [5.74, 6) is -1.64. The predicted octanol–water partition coefficient (Wildman–Crippen LogP) is 4.11. The molecule has 2 rings (SSSR count). The number of ether oxygens (including phenoxy) is 2. The van der Waals surface area contributed by atoms with Crippen LogP contribution in [0, 0.1) is 0 Å². The van der Waals surface area contributed by atoms with E-state index in [1.54, 1.807) is 36.4 Å². The lowest BCUT2D eigenvalue weighted by Crippen LogP contribution is -2.21.